The standard InChI is InChI=1S/C66H72BN3O/c1-61(2,3)41-21-26-45(27-22-41)68-54-30-24-43(63(7,8)9)36-51(54)67-52-37-44(64(10,11)12)25-31-55(52)69(46-28-32-59-49(38-46)48-19-15-16-20-58(48)71-59)57-40-47(39-56(68)60(57)67)70-53-29-23-42(62(4,5)6)35-50(53)65(13)33-17-18-34-66(65,70)14/h15-16,19-32,35-40H,17-18,33-34H2,1-14H3. The van der Waals surface area contributed by atoms with Crippen LogP contribution in [0.3, 0.4) is 0 Å². The van der Waals surface area contributed by atoms with Crippen LogP contribution < -0.4 is 31.1 Å². The van der Waals surface area contributed by atoms with E-state index < -0.39 is 0 Å². The van der Waals surface area contributed by atoms with Gasteiger partial charge in [-0.1, -0.05) is 170 Å². The van der Waals surface area contributed by atoms with Crippen LogP contribution in [0.1, 0.15) is 150 Å². The van der Waals surface area contributed by atoms with E-state index in [1.807, 2.05) is 0 Å². The maximum Gasteiger partial charge on any atom is 0.252 e. The average molecular weight is 934 g/mol. The normalized spacial score (nSPS) is 19.7. The molecule has 0 spiro atoms. The van der Waals surface area contributed by atoms with Crippen LogP contribution in [0.25, 0.3) is 21.9 Å². The first kappa shape index (κ1) is 45.9. The highest BCUT2D eigenvalue weighted by Gasteiger charge is 2.58. The van der Waals surface area contributed by atoms with E-state index in [0.717, 1.165) is 34.0 Å². The van der Waals surface area contributed by atoms with Gasteiger partial charge in [0.2, 0.25) is 0 Å². The van der Waals surface area contributed by atoms with Crippen molar-refractivity contribution in [3.63, 3.8) is 0 Å². The molecular formula is C66H72BN3O. The number of furan rings is 1. The summed E-state index contributed by atoms with van der Waals surface area (Å²) in [6, 6.07) is 52.3. The number of benzene rings is 7. The van der Waals surface area contributed by atoms with Gasteiger partial charge in [-0.25, -0.2) is 0 Å². The van der Waals surface area contributed by atoms with Gasteiger partial charge in [-0.2, -0.15) is 0 Å². The van der Waals surface area contributed by atoms with E-state index in [4.69, 9.17) is 4.42 Å². The van der Waals surface area contributed by atoms with E-state index in [0.29, 0.717) is 0 Å². The Kier molecular flexibility index (Phi) is 9.81. The number of fused-ring (bicyclic) bond motifs is 10. The van der Waals surface area contributed by atoms with Crippen LogP contribution in [0, 0.1) is 0 Å². The molecule has 1 fully saturated rings. The van der Waals surface area contributed by atoms with Gasteiger partial charge in [-0.05, 0) is 152 Å². The zero-order chi connectivity index (χ0) is 49.9. The Labute approximate surface area is 424 Å². The predicted octanol–water partition coefficient (Wildman–Crippen LogP) is 16.6. The molecule has 4 aliphatic rings. The van der Waals surface area contributed by atoms with Gasteiger partial charge in [0.1, 0.15) is 11.2 Å². The van der Waals surface area contributed by atoms with Gasteiger partial charge in [0, 0.05) is 61.7 Å². The number of anilines is 8. The molecule has 0 bridgehead atoms. The number of nitrogens with zero attached hydrogens (tertiary/aromatic N) is 3. The molecule has 4 nitrogen and oxygen atoms in total. The summed E-state index contributed by atoms with van der Waals surface area (Å²) in [6.45, 7) is 33.3. The second-order valence-corrected chi connectivity index (χ2v) is 26.3. The Hall–Kier alpha value is -6.20. The zero-order valence-corrected chi connectivity index (χ0v) is 44.9. The molecule has 1 saturated carbocycles. The van der Waals surface area contributed by atoms with E-state index in [1.54, 1.807) is 0 Å². The SMILES string of the molecule is CC(C)(C)c1ccc(N2c3ccc(C(C)(C)C)cc3B3c4cc(C(C)(C)C)ccc4N(c4ccc5oc6ccccc6c5c4)c4cc(N5c6ccc(C(C)(C)C)cc6C6(C)CCCCC56C)cc2c43)cc1. The quantitative estimate of drug-likeness (QED) is 0.165. The molecule has 1 aliphatic carbocycles. The van der Waals surface area contributed by atoms with Crippen molar-refractivity contribution in [2.24, 2.45) is 0 Å². The molecule has 360 valence electrons. The topological polar surface area (TPSA) is 22.9 Å². The molecule has 3 aliphatic heterocycles. The van der Waals surface area contributed by atoms with E-state index in [1.165, 1.54) is 103 Å². The van der Waals surface area contributed by atoms with Gasteiger partial charge < -0.3 is 19.1 Å². The molecule has 8 aromatic rings. The van der Waals surface area contributed by atoms with Crippen LogP contribution in [0.15, 0.2) is 138 Å². The van der Waals surface area contributed by atoms with Gasteiger partial charge >= 0.3 is 0 Å². The summed E-state index contributed by atoms with van der Waals surface area (Å²) < 4.78 is 6.51. The Morgan fingerprint density at radius 1 is 0.437 bits per heavy atom. The Morgan fingerprint density at radius 3 is 1.52 bits per heavy atom. The summed E-state index contributed by atoms with van der Waals surface area (Å²) in [5.41, 5.74) is 22.5. The van der Waals surface area contributed by atoms with Crippen LogP contribution in [0.5, 0.6) is 0 Å². The van der Waals surface area contributed by atoms with E-state index in [2.05, 4.69) is 245 Å². The lowest BCUT2D eigenvalue weighted by atomic mass is 9.33. The maximum atomic E-state index is 6.51. The highest BCUT2D eigenvalue weighted by molar-refractivity contribution is 7.00. The van der Waals surface area contributed by atoms with Crippen LogP contribution in [-0.2, 0) is 27.1 Å². The van der Waals surface area contributed by atoms with Crippen molar-refractivity contribution >= 4 is 90.5 Å². The smallest absolute Gasteiger partial charge is 0.252 e. The van der Waals surface area contributed by atoms with E-state index in [9.17, 15) is 0 Å². The van der Waals surface area contributed by atoms with Crippen molar-refractivity contribution in [1.29, 1.82) is 0 Å². The molecule has 5 heteroatoms. The molecule has 71 heavy (non-hydrogen) atoms. The van der Waals surface area contributed by atoms with E-state index in [-0.39, 0.29) is 39.3 Å². The maximum absolute atomic E-state index is 6.51. The lowest BCUT2D eigenvalue weighted by Gasteiger charge is -2.51. The Balaban J connectivity index is 1.21. The third kappa shape index (κ3) is 6.84. The van der Waals surface area contributed by atoms with Crippen LogP contribution in [-0.4, -0.2) is 12.3 Å². The van der Waals surface area contributed by atoms with Crippen LogP contribution >= 0.6 is 0 Å². The first-order valence-corrected chi connectivity index (χ1v) is 26.5. The first-order chi connectivity index (χ1) is 33.5. The monoisotopic (exact) mass is 934 g/mol. The Morgan fingerprint density at radius 2 is 0.930 bits per heavy atom. The van der Waals surface area contributed by atoms with Crippen molar-refractivity contribution in [1.82, 2.24) is 0 Å². The summed E-state index contributed by atoms with van der Waals surface area (Å²) >= 11 is 0. The lowest BCUT2D eigenvalue weighted by Crippen LogP contribution is -2.62. The lowest BCUT2D eigenvalue weighted by molar-refractivity contribution is 0.195. The molecule has 7 aromatic carbocycles. The van der Waals surface area contributed by atoms with Crippen molar-refractivity contribution in [3.05, 3.63) is 161 Å². The molecule has 1 aromatic heterocycles. The second-order valence-electron chi connectivity index (χ2n) is 26.3. The van der Waals surface area contributed by atoms with Crippen molar-refractivity contribution in [2.45, 2.75) is 155 Å². The third-order valence-electron chi connectivity index (χ3n) is 17.6. The minimum atomic E-state index is -0.147. The summed E-state index contributed by atoms with van der Waals surface area (Å²) in [5.74, 6) is 0. The minimum Gasteiger partial charge on any atom is -0.456 e. The van der Waals surface area contributed by atoms with Gasteiger partial charge in [0.25, 0.3) is 6.71 Å². The number of para-hydroxylation sites is 1. The van der Waals surface area contributed by atoms with Crippen LogP contribution in [0.2, 0.25) is 0 Å². The van der Waals surface area contributed by atoms with Gasteiger partial charge in [-0.15, -0.1) is 0 Å². The molecule has 12 rings (SSSR count). The fourth-order valence-corrected chi connectivity index (χ4v) is 13.2. The molecular weight excluding hydrogens is 862 g/mol. The molecule has 0 N–H and O–H groups in total. The number of rotatable bonds is 3. The van der Waals surface area contributed by atoms with Crippen molar-refractivity contribution < 1.29 is 4.42 Å². The van der Waals surface area contributed by atoms with Crippen molar-refractivity contribution in [2.75, 3.05) is 14.7 Å². The molecule has 0 saturated heterocycles. The van der Waals surface area contributed by atoms with Crippen LogP contribution in [0.4, 0.5) is 45.5 Å². The highest BCUT2D eigenvalue weighted by Crippen LogP contribution is 2.62. The number of hydrogen-bond acceptors (Lipinski definition) is 4. The van der Waals surface area contributed by atoms with Crippen molar-refractivity contribution in [3.8, 4) is 0 Å². The molecule has 2 unspecified atom stereocenters. The van der Waals surface area contributed by atoms with Gasteiger partial charge in [0.15, 0.2) is 0 Å². The fraction of sp³-hybridized carbons (Fsp3) is 0.364. The molecule has 2 atom stereocenters. The molecule has 4 heterocycles. The number of hydrogen-bond donors (Lipinski definition) is 0. The summed E-state index contributed by atoms with van der Waals surface area (Å²) in [7, 11) is 0. The zero-order valence-electron chi connectivity index (χ0n) is 44.9. The summed E-state index contributed by atoms with van der Waals surface area (Å²) in [5, 5.41) is 2.27. The molecule has 0 amide bonds. The summed E-state index contributed by atoms with van der Waals surface area (Å²) in [6.07, 6.45) is 4.76. The first-order valence-electron chi connectivity index (χ1n) is 26.5. The predicted molar refractivity (Wildman–Crippen MR) is 305 cm³/mol. The molecule has 0 radical (unpaired) electrons. The highest BCUT2D eigenvalue weighted by atomic mass is 16.3. The Bertz CT molecular complexity index is 3480. The van der Waals surface area contributed by atoms with Gasteiger partial charge in [-0.3, -0.25) is 0 Å². The minimum absolute atomic E-state index is 0.0146. The van der Waals surface area contributed by atoms with E-state index >= 15 is 0 Å². The summed E-state index contributed by atoms with van der Waals surface area (Å²) in [4.78, 5) is 8.05. The largest absolute Gasteiger partial charge is 0.456 e. The van der Waals surface area contributed by atoms with Gasteiger partial charge in [0.05, 0.1) is 5.54 Å². The second kappa shape index (κ2) is 15.2. The fourth-order valence-electron chi connectivity index (χ4n) is 13.2. The third-order valence-corrected chi connectivity index (χ3v) is 17.6. The average Bonchev–Trinajstić information content (AvgIpc) is 3.78.